The van der Waals surface area contributed by atoms with Crippen LogP contribution in [0.15, 0.2) is 98.8 Å². The summed E-state index contributed by atoms with van der Waals surface area (Å²) in [5.41, 5.74) is 1.11. The molecule has 0 amide bonds. The second-order valence-electron chi connectivity index (χ2n) is 7.88. The Morgan fingerprint density at radius 1 is 0.919 bits per heavy atom. The summed E-state index contributed by atoms with van der Waals surface area (Å²) in [6, 6.07) is 21.4. The summed E-state index contributed by atoms with van der Waals surface area (Å²) in [6.45, 7) is -0.109. The second kappa shape index (κ2) is 10.3. The number of furan rings is 1. The van der Waals surface area contributed by atoms with E-state index in [1.165, 1.54) is 18.4 Å². The van der Waals surface area contributed by atoms with Gasteiger partial charge in [-0.25, -0.2) is 4.79 Å². The Morgan fingerprint density at radius 3 is 2.41 bits per heavy atom. The van der Waals surface area contributed by atoms with Gasteiger partial charge in [0, 0.05) is 17.3 Å². The number of esters is 1. The van der Waals surface area contributed by atoms with E-state index >= 15 is 0 Å². The Labute approximate surface area is 222 Å². The van der Waals surface area contributed by atoms with Gasteiger partial charge in [-0.1, -0.05) is 35.3 Å². The minimum absolute atomic E-state index is 0.141. The van der Waals surface area contributed by atoms with E-state index in [4.69, 9.17) is 37.1 Å². The Kier molecular flexibility index (Phi) is 6.92. The van der Waals surface area contributed by atoms with E-state index in [-0.39, 0.29) is 29.6 Å². The van der Waals surface area contributed by atoms with Crippen LogP contribution < -0.4 is 14.4 Å². The van der Waals surface area contributed by atoms with Gasteiger partial charge >= 0.3 is 5.97 Å². The molecule has 0 N–H and O–H groups in total. The van der Waals surface area contributed by atoms with Crippen LogP contribution in [0.1, 0.15) is 11.3 Å². The smallest absolute Gasteiger partial charge is 0.349 e. The quantitative estimate of drug-likeness (QED) is 0.212. The van der Waals surface area contributed by atoms with Gasteiger partial charge in [0.1, 0.15) is 22.2 Å². The van der Waals surface area contributed by atoms with Gasteiger partial charge in [0.05, 0.1) is 22.9 Å². The summed E-state index contributed by atoms with van der Waals surface area (Å²) in [7, 11) is -3.83. The minimum atomic E-state index is -3.83. The van der Waals surface area contributed by atoms with E-state index in [0.29, 0.717) is 32.8 Å². The first-order valence-electron chi connectivity index (χ1n) is 10.9. The molecule has 1 aromatic heterocycles. The van der Waals surface area contributed by atoms with Gasteiger partial charge in [0.15, 0.2) is 12.4 Å². The number of amidine groups is 1. The fraction of sp³-hybridized carbons (Fsp3) is 0.0769. The van der Waals surface area contributed by atoms with E-state index < -0.39 is 16.0 Å². The maximum Gasteiger partial charge on any atom is 0.349 e. The van der Waals surface area contributed by atoms with Crippen molar-refractivity contribution < 1.29 is 27.1 Å². The maximum atomic E-state index is 12.7. The van der Waals surface area contributed by atoms with Crippen molar-refractivity contribution in [3.8, 4) is 11.5 Å². The van der Waals surface area contributed by atoms with E-state index in [0.717, 1.165) is 0 Å². The number of sulfonamides is 1. The van der Waals surface area contributed by atoms with Crippen LogP contribution in [0.2, 0.25) is 10.0 Å². The van der Waals surface area contributed by atoms with Crippen molar-refractivity contribution in [1.29, 1.82) is 0 Å². The van der Waals surface area contributed by atoms with E-state index in [9.17, 15) is 13.2 Å². The highest BCUT2D eigenvalue weighted by Crippen LogP contribution is 2.32. The molecule has 11 heteroatoms. The number of carbonyl (C=O) groups is 1. The van der Waals surface area contributed by atoms with E-state index in [2.05, 4.69) is 4.40 Å². The normalized spacial score (nSPS) is 13.5. The second-order valence-corrected chi connectivity index (χ2v) is 10.3. The molecule has 0 unspecified atom stereocenters. The number of halogens is 2. The van der Waals surface area contributed by atoms with Gasteiger partial charge in [-0.3, -0.25) is 0 Å². The highest BCUT2D eigenvalue weighted by molar-refractivity contribution is 7.90. The van der Waals surface area contributed by atoms with Crippen molar-refractivity contribution in [2.24, 2.45) is 4.40 Å². The first-order valence-corrected chi connectivity index (χ1v) is 13.1. The molecule has 0 aliphatic carbocycles. The van der Waals surface area contributed by atoms with Gasteiger partial charge in [0.2, 0.25) is 0 Å². The highest BCUT2D eigenvalue weighted by Gasteiger charge is 2.32. The molecule has 0 saturated carbocycles. The van der Waals surface area contributed by atoms with Crippen LogP contribution in [0.25, 0.3) is 0 Å². The van der Waals surface area contributed by atoms with E-state index in [1.54, 1.807) is 71.6 Å². The van der Waals surface area contributed by atoms with Crippen LogP contribution in [0.3, 0.4) is 0 Å². The van der Waals surface area contributed by atoms with Crippen molar-refractivity contribution in [2.45, 2.75) is 11.4 Å². The Hall–Kier alpha value is -3.79. The standard InChI is InChI=1S/C26H18Cl2N2O6S/c27-22-12-11-19(14-23(22)28)35-16-25(31)36-18-9-7-17(8-10-18)30(15-20-4-3-13-34-20)26-21-5-1-2-6-24(21)37(32,33)29-26/h1-14H,15-16H2. The Balaban J connectivity index is 1.34. The molecular weight excluding hydrogens is 539 g/mol. The third-order valence-corrected chi connectivity index (χ3v) is 7.45. The number of fused-ring (bicyclic) bond motifs is 1. The van der Waals surface area contributed by atoms with Crippen LogP contribution >= 0.6 is 23.2 Å². The molecule has 0 fully saturated rings. The Bertz CT molecular complexity index is 1590. The van der Waals surface area contributed by atoms with E-state index in [1.807, 2.05) is 0 Å². The Morgan fingerprint density at radius 2 is 1.68 bits per heavy atom. The summed E-state index contributed by atoms with van der Waals surface area (Å²) in [4.78, 5) is 14.1. The lowest BCUT2D eigenvalue weighted by Crippen LogP contribution is -2.30. The summed E-state index contributed by atoms with van der Waals surface area (Å²) in [6.07, 6.45) is 1.54. The largest absolute Gasteiger partial charge is 0.482 e. The van der Waals surface area contributed by atoms with Gasteiger partial charge in [0.25, 0.3) is 10.0 Å². The summed E-state index contributed by atoms with van der Waals surface area (Å²) in [5.74, 6) is 0.923. The average Bonchev–Trinajstić information content (AvgIpc) is 3.50. The van der Waals surface area contributed by atoms with Crippen molar-refractivity contribution in [2.75, 3.05) is 11.5 Å². The molecule has 1 aliphatic rings. The molecule has 0 spiro atoms. The maximum absolute atomic E-state index is 12.7. The number of nitrogens with zero attached hydrogens (tertiary/aromatic N) is 2. The van der Waals surface area contributed by atoms with Crippen molar-refractivity contribution in [3.63, 3.8) is 0 Å². The minimum Gasteiger partial charge on any atom is -0.482 e. The summed E-state index contributed by atoms with van der Waals surface area (Å²) < 4.78 is 45.6. The van der Waals surface area contributed by atoms with Gasteiger partial charge in [-0.05, 0) is 60.7 Å². The van der Waals surface area contributed by atoms with Crippen LogP contribution in [-0.2, 0) is 21.4 Å². The number of benzene rings is 3. The molecule has 188 valence electrons. The van der Waals surface area contributed by atoms with Crippen molar-refractivity contribution in [3.05, 3.63) is 106 Å². The molecule has 37 heavy (non-hydrogen) atoms. The van der Waals surface area contributed by atoms with Gasteiger partial charge < -0.3 is 18.8 Å². The lowest BCUT2D eigenvalue weighted by Gasteiger charge is -2.24. The number of rotatable bonds is 7. The zero-order chi connectivity index (χ0) is 26.0. The predicted molar refractivity (Wildman–Crippen MR) is 139 cm³/mol. The molecule has 2 heterocycles. The van der Waals surface area contributed by atoms with Crippen LogP contribution in [0.4, 0.5) is 5.69 Å². The van der Waals surface area contributed by atoms with Gasteiger partial charge in [-0.2, -0.15) is 8.42 Å². The molecule has 0 radical (unpaired) electrons. The molecule has 4 aromatic rings. The van der Waals surface area contributed by atoms with Crippen LogP contribution in [-0.4, -0.2) is 26.8 Å². The topological polar surface area (TPSA) is 98.4 Å². The molecule has 8 nitrogen and oxygen atoms in total. The molecule has 3 aromatic carbocycles. The summed E-state index contributed by atoms with van der Waals surface area (Å²) in [5, 5.41) is 0.687. The number of hydrogen-bond acceptors (Lipinski definition) is 7. The zero-order valence-electron chi connectivity index (χ0n) is 19.0. The monoisotopic (exact) mass is 556 g/mol. The molecule has 1 aliphatic heterocycles. The number of ether oxygens (including phenoxy) is 2. The lowest BCUT2D eigenvalue weighted by molar-refractivity contribution is -0.136. The zero-order valence-corrected chi connectivity index (χ0v) is 21.3. The van der Waals surface area contributed by atoms with Crippen molar-refractivity contribution >= 4 is 50.7 Å². The molecular formula is C26H18Cl2N2O6S. The third-order valence-electron chi connectivity index (χ3n) is 5.39. The summed E-state index contributed by atoms with van der Waals surface area (Å²) >= 11 is 11.8. The van der Waals surface area contributed by atoms with Crippen LogP contribution in [0, 0.1) is 0 Å². The molecule has 0 atom stereocenters. The number of carbonyl (C=O) groups excluding carboxylic acids is 1. The fourth-order valence-electron chi connectivity index (χ4n) is 3.69. The van der Waals surface area contributed by atoms with Crippen molar-refractivity contribution in [1.82, 2.24) is 0 Å². The van der Waals surface area contributed by atoms with Gasteiger partial charge in [-0.15, -0.1) is 4.40 Å². The fourth-order valence-corrected chi connectivity index (χ4v) is 5.19. The number of anilines is 1. The average molecular weight is 557 g/mol. The van der Waals surface area contributed by atoms with Crippen LogP contribution in [0.5, 0.6) is 11.5 Å². The highest BCUT2D eigenvalue weighted by atomic mass is 35.5. The molecule has 0 bridgehead atoms. The molecule has 0 saturated heterocycles. The SMILES string of the molecule is O=C(COc1ccc(Cl)c(Cl)c1)Oc1ccc(N(Cc2ccco2)C2=NS(=O)(=O)c3ccccc32)cc1. The number of hydrogen-bond donors (Lipinski definition) is 0. The third kappa shape index (κ3) is 5.48. The lowest BCUT2D eigenvalue weighted by atomic mass is 10.1. The molecule has 5 rings (SSSR count). The predicted octanol–water partition coefficient (Wildman–Crippen LogP) is 5.73. The first-order chi connectivity index (χ1) is 17.8. The first kappa shape index (κ1) is 24.9.